The minimum Gasteiger partial charge on any atom is -0.135 e. The summed E-state index contributed by atoms with van der Waals surface area (Å²) >= 11 is 3.83. The van der Waals surface area contributed by atoms with Crippen molar-refractivity contribution in [1.29, 1.82) is 0 Å². The Labute approximate surface area is 350 Å². The highest BCUT2D eigenvalue weighted by molar-refractivity contribution is 7.28. The molecule has 0 saturated heterocycles. The fraction of sp³-hybridized carbons (Fsp3) is 0.0526. The van der Waals surface area contributed by atoms with E-state index in [1.165, 1.54) is 128 Å². The molecule has 0 N–H and O–H groups in total. The maximum atomic E-state index is 2.50. The summed E-state index contributed by atoms with van der Waals surface area (Å²) in [5, 5.41) is 13.1. The fourth-order valence-electron chi connectivity index (χ4n) is 10.5. The maximum Gasteiger partial charge on any atom is 0.0433 e. The number of benzene rings is 10. The van der Waals surface area contributed by atoms with E-state index < -0.39 is 0 Å². The average molecular weight is 785 g/mol. The molecular formula is C57H36S2. The topological polar surface area (TPSA) is 0 Å². The summed E-state index contributed by atoms with van der Waals surface area (Å²) in [6, 6.07) is 68.6. The molecule has 0 unspecified atom stereocenters. The molecule has 1 aliphatic carbocycles. The highest BCUT2D eigenvalue weighted by atomic mass is 32.1. The third kappa shape index (κ3) is 4.70. The van der Waals surface area contributed by atoms with E-state index in [4.69, 9.17) is 0 Å². The standard InChI is InChI=1S/C57H36S2/c1-57(2)49-28-26-34(37-21-12-23-45-48-31-47-39-16-9-10-24-51(39)58-52(47)32-53(48)59-56(37)45)29-46(49)38-27-25-35(30-50(38)57)54-41-17-5-7-19-43(41)55(44-20-8-6-18-42(44)54)40-22-11-14-33-13-3-4-15-36(33)40/h3-32H,1-2H3. The maximum absolute atomic E-state index is 2.50. The molecule has 0 spiro atoms. The van der Waals surface area contributed by atoms with Gasteiger partial charge in [-0.05, 0) is 118 Å². The number of thiophene rings is 2. The molecule has 0 bridgehead atoms. The molecule has 0 fully saturated rings. The van der Waals surface area contributed by atoms with Crippen molar-refractivity contribution in [2.45, 2.75) is 19.3 Å². The van der Waals surface area contributed by atoms with E-state index in [0.717, 1.165) is 0 Å². The average Bonchev–Trinajstić information content (AvgIpc) is 3.90. The van der Waals surface area contributed by atoms with Crippen LogP contribution in [0.2, 0.25) is 0 Å². The van der Waals surface area contributed by atoms with Crippen molar-refractivity contribution < 1.29 is 0 Å². The molecular weight excluding hydrogens is 749 g/mol. The van der Waals surface area contributed by atoms with E-state index in [0.29, 0.717) is 0 Å². The van der Waals surface area contributed by atoms with Crippen molar-refractivity contribution in [3.63, 3.8) is 0 Å². The summed E-state index contributed by atoms with van der Waals surface area (Å²) in [4.78, 5) is 0. The third-order valence-electron chi connectivity index (χ3n) is 13.3. The Bertz CT molecular complexity index is 3700. The van der Waals surface area contributed by atoms with E-state index in [1.54, 1.807) is 0 Å². The van der Waals surface area contributed by atoms with Crippen LogP contribution in [0.3, 0.4) is 0 Å². The van der Waals surface area contributed by atoms with Gasteiger partial charge in [-0.3, -0.25) is 0 Å². The Hall–Kier alpha value is -6.58. The van der Waals surface area contributed by atoms with Gasteiger partial charge in [-0.1, -0.05) is 166 Å². The number of hydrogen-bond donors (Lipinski definition) is 0. The lowest BCUT2D eigenvalue weighted by atomic mass is 9.80. The van der Waals surface area contributed by atoms with Crippen LogP contribution in [-0.2, 0) is 5.41 Å². The van der Waals surface area contributed by atoms with Gasteiger partial charge in [0.1, 0.15) is 0 Å². The van der Waals surface area contributed by atoms with E-state index in [2.05, 4.69) is 196 Å². The molecule has 0 saturated carbocycles. The zero-order chi connectivity index (χ0) is 39.0. The summed E-state index contributed by atoms with van der Waals surface area (Å²) in [6.07, 6.45) is 0. The normalized spacial score (nSPS) is 13.4. The summed E-state index contributed by atoms with van der Waals surface area (Å²) < 4.78 is 5.44. The molecule has 13 rings (SSSR count). The van der Waals surface area contributed by atoms with Crippen LogP contribution in [0.1, 0.15) is 25.0 Å². The molecule has 1 aliphatic rings. The summed E-state index contributed by atoms with van der Waals surface area (Å²) in [5.74, 6) is 0. The van der Waals surface area contributed by atoms with Gasteiger partial charge < -0.3 is 0 Å². The van der Waals surface area contributed by atoms with Crippen molar-refractivity contribution in [3.05, 3.63) is 193 Å². The van der Waals surface area contributed by atoms with Crippen molar-refractivity contribution in [1.82, 2.24) is 0 Å². The van der Waals surface area contributed by atoms with Gasteiger partial charge in [0.2, 0.25) is 0 Å². The van der Waals surface area contributed by atoms with E-state index in [9.17, 15) is 0 Å². The van der Waals surface area contributed by atoms with Crippen molar-refractivity contribution >= 4 is 95.3 Å². The Balaban J connectivity index is 0.974. The molecule has 59 heavy (non-hydrogen) atoms. The van der Waals surface area contributed by atoms with Crippen LogP contribution in [-0.4, -0.2) is 0 Å². The first kappa shape index (κ1) is 33.4. The predicted octanol–water partition coefficient (Wildman–Crippen LogP) is 17.2. The van der Waals surface area contributed by atoms with Gasteiger partial charge in [-0.25, -0.2) is 0 Å². The van der Waals surface area contributed by atoms with E-state index >= 15 is 0 Å². The molecule has 0 amide bonds. The largest absolute Gasteiger partial charge is 0.135 e. The molecule has 2 heterocycles. The molecule has 0 aliphatic heterocycles. The summed E-state index contributed by atoms with van der Waals surface area (Å²) in [6.45, 7) is 4.81. The Morgan fingerprint density at radius 3 is 1.71 bits per heavy atom. The lowest BCUT2D eigenvalue weighted by molar-refractivity contribution is 0.660. The lowest BCUT2D eigenvalue weighted by Gasteiger charge is -2.23. The smallest absolute Gasteiger partial charge is 0.0433 e. The molecule has 12 aromatic rings. The van der Waals surface area contributed by atoms with Crippen LogP contribution >= 0.6 is 22.7 Å². The van der Waals surface area contributed by atoms with Crippen LogP contribution in [0, 0.1) is 0 Å². The predicted molar refractivity (Wildman–Crippen MR) is 259 cm³/mol. The van der Waals surface area contributed by atoms with Crippen molar-refractivity contribution in [2.75, 3.05) is 0 Å². The zero-order valence-electron chi connectivity index (χ0n) is 32.6. The van der Waals surface area contributed by atoms with Gasteiger partial charge in [-0.2, -0.15) is 0 Å². The second kappa shape index (κ2) is 12.2. The van der Waals surface area contributed by atoms with Gasteiger partial charge in [-0.15, -0.1) is 22.7 Å². The first-order valence-corrected chi connectivity index (χ1v) is 22.1. The van der Waals surface area contributed by atoms with Crippen LogP contribution in [0.15, 0.2) is 182 Å². The zero-order valence-corrected chi connectivity index (χ0v) is 34.3. The second-order valence-corrected chi connectivity index (χ2v) is 18.9. The fourth-order valence-corrected chi connectivity index (χ4v) is 13.0. The molecule has 2 aromatic heterocycles. The van der Waals surface area contributed by atoms with Crippen LogP contribution < -0.4 is 0 Å². The summed E-state index contributed by atoms with van der Waals surface area (Å²) in [7, 11) is 0. The van der Waals surface area contributed by atoms with Gasteiger partial charge in [0.05, 0.1) is 0 Å². The van der Waals surface area contributed by atoms with Gasteiger partial charge in [0.25, 0.3) is 0 Å². The Morgan fingerprint density at radius 2 is 0.915 bits per heavy atom. The molecule has 0 radical (unpaired) electrons. The number of fused-ring (bicyclic) bond motifs is 12. The minimum absolute atomic E-state index is 0.147. The number of hydrogen-bond acceptors (Lipinski definition) is 2. The van der Waals surface area contributed by atoms with Gasteiger partial charge >= 0.3 is 0 Å². The molecule has 0 nitrogen and oxygen atoms in total. The Kier molecular flexibility index (Phi) is 6.92. The minimum atomic E-state index is -0.147. The van der Waals surface area contributed by atoms with Crippen LogP contribution in [0.25, 0.3) is 117 Å². The van der Waals surface area contributed by atoms with Gasteiger partial charge in [0.15, 0.2) is 0 Å². The first-order chi connectivity index (χ1) is 29.0. The molecule has 2 heteroatoms. The second-order valence-electron chi connectivity index (χ2n) is 16.7. The van der Waals surface area contributed by atoms with Crippen molar-refractivity contribution in [2.24, 2.45) is 0 Å². The Morgan fingerprint density at radius 1 is 0.322 bits per heavy atom. The monoisotopic (exact) mass is 784 g/mol. The highest BCUT2D eigenvalue weighted by Crippen LogP contribution is 2.53. The number of rotatable bonds is 3. The summed E-state index contributed by atoms with van der Waals surface area (Å²) in [5.41, 5.74) is 13.1. The molecule has 276 valence electrons. The first-order valence-electron chi connectivity index (χ1n) is 20.5. The van der Waals surface area contributed by atoms with E-state index in [-0.39, 0.29) is 5.41 Å². The quantitative estimate of drug-likeness (QED) is 0.157. The van der Waals surface area contributed by atoms with E-state index in [1.807, 2.05) is 22.7 Å². The molecule has 10 aromatic carbocycles. The molecule has 0 atom stereocenters. The van der Waals surface area contributed by atoms with Crippen LogP contribution in [0.5, 0.6) is 0 Å². The van der Waals surface area contributed by atoms with Gasteiger partial charge in [0, 0.05) is 45.8 Å². The third-order valence-corrected chi connectivity index (χ3v) is 15.6. The van der Waals surface area contributed by atoms with Crippen molar-refractivity contribution in [3.8, 4) is 44.5 Å². The SMILES string of the molecule is CC1(C)c2ccc(-c3cccc4c3sc3cc5sc6ccccc6c5cc34)cc2-c2ccc(-c3c4ccccc4c(-c4cccc5ccccc45)c4ccccc34)cc21. The van der Waals surface area contributed by atoms with Crippen LogP contribution in [0.4, 0.5) is 0 Å². The lowest BCUT2D eigenvalue weighted by Crippen LogP contribution is -2.15. The highest BCUT2D eigenvalue weighted by Gasteiger charge is 2.36.